The normalized spacial score (nSPS) is 30.0. The number of hydrogen-bond acceptors (Lipinski definition) is 1. The molecule has 0 spiro atoms. The molecule has 2 rings (SSSR count). The number of rotatable bonds is 6. The van der Waals surface area contributed by atoms with Crippen LogP contribution in [0.4, 0.5) is 4.39 Å². The summed E-state index contributed by atoms with van der Waals surface area (Å²) >= 11 is 0. The Morgan fingerprint density at radius 1 is 1.19 bits per heavy atom. The summed E-state index contributed by atoms with van der Waals surface area (Å²) in [7, 11) is 0. The molecule has 0 aromatic heterocycles. The zero-order valence-corrected chi connectivity index (χ0v) is 13.7. The molecule has 0 aliphatic heterocycles. The van der Waals surface area contributed by atoms with Crippen molar-refractivity contribution in [1.82, 2.24) is 0 Å². The zero-order chi connectivity index (χ0) is 15.1. The van der Waals surface area contributed by atoms with Gasteiger partial charge in [0.05, 0.1) is 11.9 Å². The molecule has 2 heteroatoms. The average molecular weight is 294 g/mol. The van der Waals surface area contributed by atoms with Crippen LogP contribution < -0.4 is 0 Å². The predicted octanol–water partition coefficient (Wildman–Crippen LogP) is 6.10. The molecule has 2 aliphatic rings. The fourth-order valence-electron chi connectivity index (χ4n) is 3.32. The van der Waals surface area contributed by atoms with Crippen molar-refractivity contribution in [2.75, 3.05) is 0 Å². The lowest BCUT2D eigenvalue weighted by Gasteiger charge is -2.29. The Balaban J connectivity index is 1.71. The van der Waals surface area contributed by atoms with Crippen molar-refractivity contribution in [3.63, 3.8) is 0 Å². The smallest absolute Gasteiger partial charge is 0.107 e. The van der Waals surface area contributed by atoms with Crippen molar-refractivity contribution in [1.29, 1.82) is 0 Å². The number of hydrogen-bond donors (Lipinski definition) is 0. The van der Waals surface area contributed by atoms with Crippen LogP contribution in [0.1, 0.15) is 78.1 Å². The topological polar surface area (TPSA) is 9.23 Å². The molecule has 1 nitrogen and oxygen atoms in total. The van der Waals surface area contributed by atoms with Crippen LogP contribution in [0.5, 0.6) is 0 Å². The van der Waals surface area contributed by atoms with E-state index in [2.05, 4.69) is 13.0 Å². The van der Waals surface area contributed by atoms with E-state index < -0.39 is 6.17 Å². The van der Waals surface area contributed by atoms with Crippen LogP contribution in [0.25, 0.3) is 0 Å². The minimum atomic E-state index is -0.679. The van der Waals surface area contributed by atoms with Gasteiger partial charge >= 0.3 is 0 Å². The summed E-state index contributed by atoms with van der Waals surface area (Å²) in [4.78, 5) is 0. The third-order valence-electron chi connectivity index (χ3n) is 4.82. The van der Waals surface area contributed by atoms with Crippen molar-refractivity contribution in [2.24, 2.45) is 5.92 Å². The second-order valence-electron chi connectivity index (χ2n) is 6.72. The molecule has 21 heavy (non-hydrogen) atoms. The van der Waals surface area contributed by atoms with Gasteiger partial charge in [0.15, 0.2) is 0 Å². The molecule has 0 aromatic rings. The first-order chi connectivity index (χ1) is 10.2. The first-order valence-electron chi connectivity index (χ1n) is 8.88. The van der Waals surface area contributed by atoms with Gasteiger partial charge < -0.3 is 4.74 Å². The van der Waals surface area contributed by atoms with Crippen LogP contribution in [0, 0.1) is 5.92 Å². The van der Waals surface area contributed by atoms with Gasteiger partial charge in [-0.15, -0.1) is 0 Å². The molecular formula is C19H31FO. The lowest BCUT2D eigenvalue weighted by molar-refractivity contribution is 0.0735. The summed E-state index contributed by atoms with van der Waals surface area (Å²) in [6.45, 7) is 4.20. The van der Waals surface area contributed by atoms with Gasteiger partial charge in [0.1, 0.15) is 6.17 Å². The van der Waals surface area contributed by atoms with Gasteiger partial charge in [-0.1, -0.05) is 38.3 Å². The Morgan fingerprint density at radius 2 is 1.95 bits per heavy atom. The highest BCUT2D eigenvalue weighted by atomic mass is 19.1. The molecule has 0 heterocycles. The minimum absolute atomic E-state index is 0.0198. The number of allylic oxidation sites excluding steroid dienone is 4. The van der Waals surface area contributed by atoms with Gasteiger partial charge in [-0.3, -0.25) is 0 Å². The standard InChI is InChI=1S/C19H31FO/c1-3-4-5-6-7-16-8-10-17(11-9-16)21-18-12-13-19(20)15(2)14-18/h7,14-15,17,19H,3-6,8-13H2,1-2H3. The Kier molecular flexibility index (Phi) is 6.79. The maximum Gasteiger partial charge on any atom is 0.107 e. The summed E-state index contributed by atoms with van der Waals surface area (Å²) in [5.74, 6) is 1.06. The molecular weight excluding hydrogens is 263 g/mol. The van der Waals surface area contributed by atoms with Crippen molar-refractivity contribution >= 4 is 0 Å². The van der Waals surface area contributed by atoms with Crippen LogP contribution in [-0.4, -0.2) is 12.3 Å². The first kappa shape index (κ1) is 16.6. The maximum atomic E-state index is 13.4. The molecule has 1 fully saturated rings. The van der Waals surface area contributed by atoms with Gasteiger partial charge in [0, 0.05) is 12.3 Å². The molecule has 120 valence electrons. The van der Waals surface area contributed by atoms with Gasteiger partial charge in [-0.05, 0) is 51.0 Å². The molecule has 2 unspecified atom stereocenters. The third kappa shape index (κ3) is 5.48. The summed E-state index contributed by atoms with van der Waals surface area (Å²) < 4.78 is 19.6. The first-order valence-corrected chi connectivity index (χ1v) is 8.88. The Morgan fingerprint density at radius 3 is 2.62 bits per heavy atom. The number of ether oxygens (including phenoxy) is 1. The van der Waals surface area contributed by atoms with E-state index in [1.165, 1.54) is 38.5 Å². The molecule has 0 bridgehead atoms. The SMILES string of the molecule is CCCCCC=C1CCC(OC2=CC(C)C(F)CC2)CC1. The molecule has 0 radical (unpaired) electrons. The Bertz CT molecular complexity index is 362. The zero-order valence-electron chi connectivity index (χ0n) is 13.7. The van der Waals surface area contributed by atoms with Gasteiger partial charge in [-0.25, -0.2) is 4.39 Å². The molecule has 0 amide bonds. The maximum absolute atomic E-state index is 13.4. The largest absolute Gasteiger partial charge is 0.495 e. The number of halogens is 1. The fourth-order valence-corrected chi connectivity index (χ4v) is 3.32. The number of alkyl halides is 1. The molecule has 0 N–H and O–H groups in total. The van der Waals surface area contributed by atoms with Crippen LogP contribution in [0.3, 0.4) is 0 Å². The summed E-state index contributed by atoms with van der Waals surface area (Å²) in [5, 5.41) is 0. The predicted molar refractivity (Wildman–Crippen MR) is 86.9 cm³/mol. The average Bonchev–Trinajstić information content (AvgIpc) is 2.49. The van der Waals surface area contributed by atoms with Crippen LogP contribution in [-0.2, 0) is 4.74 Å². The minimum Gasteiger partial charge on any atom is -0.495 e. The van der Waals surface area contributed by atoms with E-state index in [9.17, 15) is 4.39 Å². The van der Waals surface area contributed by atoms with Crippen molar-refractivity contribution < 1.29 is 9.13 Å². The van der Waals surface area contributed by atoms with E-state index in [1.807, 2.05) is 13.0 Å². The second-order valence-corrected chi connectivity index (χ2v) is 6.72. The molecule has 0 aromatic carbocycles. The highest BCUT2D eigenvalue weighted by Crippen LogP contribution is 2.31. The third-order valence-corrected chi connectivity index (χ3v) is 4.82. The van der Waals surface area contributed by atoms with Crippen molar-refractivity contribution in [3.8, 4) is 0 Å². The van der Waals surface area contributed by atoms with E-state index in [0.717, 1.165) is 25.0 Å². The van der Waals surface area contributed by atoms with Crippen LogP contribution in [0.15, 0.2) is 23.5 Å². The van der Waals surface area contributed by atoms with E-state index >= 15 is 0 Å². The highest BCUT2D eigenvalue weighted by molar-refractivity contribution is 5.08. The fraction of sp³-hybridized carbons (Fsp3) is 0.789. The van der Waals surface area contributed by atoms with E-state index in [4.69, 9.17) is 4.74 Å². The number of unbranched alkanes of at least 4 members (excludes halogenated alkanes) is 3. The summed E-state index contributed by atoms with van der Waals surface area (Å²) in [6, 6.07) is 0. The summed E-state index contributed by atoms with van der Waals surface area (Å²) in [5.41, 5.74) is 1.63. The van der Waals surface area contributed by atoms with E-state index in [1.54, 1.807) is 5.57 Å². The van der Waals surface area contributed by atoms with E-state index in [-0.39, 0.29) is 5.92 Å². The van der Waals surface area contributed by atoms with Crippen molar-refractivity contribution in [2.45, 2.75) is 90.3 Å². The van der Waals surface area contributed by atoms with Gasteiger partial charge in [0.2, 0.25) is 0 Å². The van der Waals surface area contributed by atoms with Gasteiger partial charge in [0.25, 0.3) is 0 Å². The van der Waals surface area contributed by atoms with Gasteiger partial charge in [-0.2, -0.15) is 0 Å². The molecule has 0 saturated heterocycles. The Labute approximate surface area is 129 Å². The highest BCUT2D eigenvalue weighted by Gasteiger charge is 2.24. The lowest BCUT2D eigenvalue weighted by atomic mass is 9.90. The monoisotopic (exact) mass is 294 g/mol. The Hall–Kier alpha value is -0.790. The lowest BCUT2D eigenvalue weighted by Crippen LogP contribution is -2.22. The van der Waals surface area contributed by atoms with Crippen LogP contribution in [0.2, 0.25) is 0 Å². The summed E-state index contributed by atoms with van der Waals surface area (Å²) in [6.07, 6.45) is 15.4. The van der Waals surface area contributed by atoms with Crippen LogP contribution >= 0.6 is 0 Å². The molecule has 2 aliphatic carbocycles. The molecule has 1 saturated carbocycles. The molecule has 2 atom stereocenters. The second kappa shape index (κ2) is 8.60. The van der Waals surface area contributed by atoms with E-state index in [0.29, 0.717) is 12.5 Å². The quantitative estimate of drug-likeness (QED) is 0.424. The van der Waals surface area contributed by atoms with Crippen molar-refractivity contribution in [3.05, 3.63) is 23.5 Å².